The van der Waals surface area contributed by atoms with Crippen LogP contribution in [0.2, 0.25) is 0 Å². The van der Waals surface area contributed by atoms with Crippen molar-refractivity contribution < 1.29 is 9.59 Å². The van der Waals surface area contributed by atoms with Crippen LogP contribution < -0.4 is 10.6 Å². The zero-order valence-electron chi connectivity index (χ0n) is 17.7. The lowest BCUT2D eigenvalue weighted by molar-refractivity contribution is -0.139. The molecule has 1 aromatic carbocycles. The van der Waals surface area contributed by atoms with E-state index < -0.39 is 6.04 Å². The lowest BCUT2D eigenvalue weighted by Gasteiger charge is -2.36. The number of hydrogen-bond acceptors (Lipinski definition) is 3. The van der Waals surface area contributed by atoms with Crippen molar-refractivity contribution in [3.05, 3.63) is 35.9 Å². The summed E-state index contributed by atoms with van der Waals surface area (Å²) < 4.78 is 0. The molecule has 1 saturated heterocycles. The molecule has 2 N–H and O–H groups in total. The lowest BCUT2D eigenvalue weighted by Crippen LogP contribution is -2.53. The highest BCUT2D eigenvalue weighted by atomic mass is 16.2. The summed E-state index contributed by atoms with van der Waals surface area (Å²) in [5, 5.41) is 6.07. The zero-order valence-corrected chi connectivity index (χ0v) is 17.7. The molecular weight excluding hydrogens is 350 g/mol. The fraction of sp³-hybridized carbons (Fsp3) is 0.652. The number of benzene rings is 1. The van der Waals surface area contributed by atoms with Crippen molar-refractivity contribution in [3.8, 4) is 0 Å². The van der Waals surface area contributed by atoms with Crippen LogP contribution >= 0.6 is 0 Å². The van der Waals surface area contributed by atoms with Gasteiger partial charge in [0.05, 0.1) is 0 Å². The van der Waals surface area contributed by atoms with Crippen LogP contribution in [0.5, 0.6) is 0 Å². The molecule has 2 rings (SSSR count). The quantitative estimate of drug-likeness (QED) is 0.607. The van der Waals surface area contributed by atoms with Crippen molar-refractivity contribution >= 4 is 11.8 Å². The average Bonchev–Trinajstić information content (AvgIpc) is 2.72. The van der Waals surface area contributed by atoms with Crippen LogP contribution in [0.3, 0.4) is 0 Å². The molecule has 2 unspecified atom stereocenters. The Kier molecular flexibility index (Phi) is 9.48. The van der Waals surface area contributed by atoms with E-state index in [4.69, 9.17) is 0 Å². The van der Waals surface area contributed by atoms with Gasteiger partial charge in [-0.25, -0.2) is 0 Å². The summed E-state index contributed by atoms with van der Waals surface area (Å²) in [5.41, 5.74) is 1.37. The highest BCUT2D eigenvalue weighted by molar-refractivity contribution is 5.88. The maximum absolute atomic E-state index is 13.1. The van der Waals surface area contributed by atoms with E-state index >= 15 is 0 Å². The third kappa shape index (κ3) is 6.93. The van der Waals surface area contributed by atoms with Gasteiger partial charge in [-0.2, -0.15) is 0 Å². The van der Waals surface area contributed by atoms with E-state index in [0.29, 0.717) is 12.3 Å². The van der Waals surface area contributed by atoms with Gasteiger partial charge in [-0.1, -0.05) is 50.6 Å². The minimum Gasteiger partial charge on any atom is -0.344 e. The number of carbonyl (C=O) groups is 2. The number of nitrogens with one attached hydrogen (secondary N) is 2. The number of rotatable bonds is 10. The van der Waals surface area contributed by atoms with E-state index in [0.717, 1.165) is 51.7 Å². The number of likely N-dealkylation sites (tertiary alicyclic amines) is 1. The second kappa shape index (κ2) is 11.8. The summed E-state index contributed by atoms with van der Waals surface area (Å²) in [5.74, 6) is 0.842. The van der Waals surface area contributed by atoms with Gasteiger partial charge in [-0.15, -0.1) is 0 Å². The van der Waals surface area contributed by atoms with Crippen LogP contribution in [-0.2, 0) is 16.0 Å². The van der Waals surface area contributed by atoms with Gasteiger partial charge in [0.1, 0.15) is 6.04 Å². The van der Waals surface area contributed by atoms with Crippen molar-refractivity contribution in [2.45, 2.75) is 58.4 Å². The number of piperidine rings is 1. The first-order valence-electron chi connectivity index (χ1n) is 10.8. The monoisotopic (exact) mass is 387 g/mol. The van der Waals surface area contributed by atoms with Crippen LogP contribution in [-0.4, -0.2) is 49.4 Å². The van der Waals surface area contributed by atoms with Gasteiger partial charge in [-0.05, 0) is 56.7 Å². The predicted molar refractivity (Wildman–Crippen MR) is 114 cm³/mol. The molecule has 1 aliphatic rings. The molecule has 156 valence electrons. The van der Waals surface area contributed by atoms with Gasteiger partial charge in [0.2, 0.25) is 11.8 Å². The Balaban J connectivity index is 1.87. The Bertz CT molecular complexity index is 597. The van der Waals surface area contributed by atoms with E-state index in [1.807, 2.05) is 18.0 Å². The first-order chi connectivity index (χ1) is 13.5. The maximum atomic E-state index is 13.1. The highest BCUT2D eigenvalue weighted by Crippen LogP contribution is 2.23. The first kappa shape index (κ1) is 22.4. The molecular formula is C23H37N3O2. The van der Waals surface area contributed by atoms with Crippen molar-refractivity contribution in [1.29, 1.82) is 0 Å². The van der Waals surface area contributed by atoms with Gasteiger partial charge in [0.25, 0.3) is 0 Å². The fourth-order valence-corrected chi connectivity index (χ4v) is 3.86. The number of hydrogen-bond donors (Lipinski definition) is 2. The van der Waals surface area contributed by atoms with Gasteiger partial charge in [-0.3, -0.25) is 9.59 Å². The molecule has 5 nitrogen and oxygen atoms in total. The summed E-state index contributed by atoms with van der Waals surface area (Å²) >= 11 is 0. The van der Waals surface area contributed by atoms with E-state index in [2.05, 4.69) is 48.7 Å². The summed E-state index contributed by atoms with van der Waals surface area (Å²) in [6.07, 6.45) is 5.26. The summed E-state index contributed by atoms with van der Waals surface area (Å²) in [6.45, 7) is 6.52. The molecule has 1 aliphatic heterocycles. The van der Waals surface area contributed by atoms with Crippen LogP contribution in [0.1, 0.15) is 51.5 Å². The maximum Gasteiger partial charge on any atom is 0.245 e. The topological polar surface area (TPSA) is 61.4 Å². The Hall–Kier alpha value is -1.88. The van der Waals surface area contributed by atoms with Crippen molar-refractivity contribution in [3.63, 3.8) is 0 Å². The standard InChI is InChI=1S/C23H37N3O2/c1-4-18(2)22(25-21(27)11-8-14-24-3)23(28)26-15-12-20(13-16-26)17-19-9-6-5-7-10-19/h5-7,9-10,18,20,22,24H,4,8,11-17H2,1-3H3,(H,25,27). The van der Waals surface area contributed by atoms with Gasteiger partial charge >= 0.3 is 0 Å². The molecule has 0 aliphatic carbocycles. The zero-order chi connectivity index (χ0) is 20.4. The minimum absolute atomic E-state index is 0.0205. The third-order valence-corrected chi connectivity index (χ3v) is 5.92. The summed E-state index contributed by atoms with van der Waals surface area (Å²) in [4.78, 5) is 27.4. The molecule has 2 amide bonds. The molecule has 0 saturated carbocycles. The van der Waals surface area contributed by atoms with Crippen LogP contribution in [0.25, 0.3) is 0 Å². The lowest BCUT2D eigenvalue weighted by atomic mass is 9.89. The van der Waals surface area contributed by atoms with E-state index in [-0.39, 0.29) is 17.7 Å². The number of carbonyl (C=O) groups excluding carboxylic acids is 2. The molecule has 1 fully saturated rings. The third-order valence-electron chi connectivity index (χ3n) is 5.92. The molecule has 1 aromatic rings. The van der Waals surface area contributed by atoms with E-state index in [1.54, 1.807) is 0 Å². The Morgan fingerprint density at radius 3 is 2.46 bits per heavy atom. The highest BCUT2D eigenvalue weighted by Gasteiger charge is 2.32. The average molecular weight is 388 g/mol. The van der Waals surface area contributed by atoms with Crippen molar-refractivity contribution in [2.75, 3.05) is 26.7 Å². The molecule has 5 heteroatoms. The molecule has 0 spiro atoms. The molecule has 1 heterocycles. The number of amides is 2. The number of nitrogens with zero attached hydrogens (tertiary/aromatic N) is 1. The van der Waals surface area contributed by atoms with Crippen LogP contribution in [0.4, 0.5) is 0 Å². The van der Waals surface area contributed by atoms with E-state index in [9.17, 15) is 9.59 Å². The normalized spacial score (nSPS) is 17.2. The van der Waals surface area contributed by atoms with Crippen LogP contribution in [0.15, 0.2) is 30.3 Å². The smallest absolute Gasteiger partial charge is 0.245 e. The van der Waals surface area contributed by atoms with Crippen molar-refractivity contribution in [2.24, 2.45) is 11.8 Å². The molecule has 28 heavy (non-hydrogen) atoms. The van der Waals surface area contributed by atoms with Gasteiger partial charge in [0, 0.05) is 19.5 Å². The second-order valence-corrected chi connectivity index (χ2v) is 8.10. The molecule has 0 bridgehead atoms. The van der Waals surface area contributed by atoms with Crippen molar-refractivity contribution in [1.82, 2.24) is 15.5 Å². The Labute approximate surface area is 170 Å². The fourth-order valence-electron chi connectivity index (χ4n) is 3.86. The largest absolute Gasteiger partial charge is 0.344 e. The molecule has 0 aromatic heterocycles. The summed E-state index contributed by atoms with van der Waals surface area (Å²) in [6, 6.07) is 10.2. The Morgan fingerprint density at radius 1 is 1.18 bits per heavy atom. The van der Waals surface area contributed by atoms with Crippen LogP contribution in [0, 0.1) is 11.8 Å². The first-order valence-corrected chi connectivity index (χ1v) is 10.8. The van der Waals surface area contributed by atoms with Gasteiger partial charge < -0.3 is 15.5 Å². The Morgan fingerprint density at radius 2 is 1.86 bits per heavy atom. The van der Waals surface area contributed by atoms with E-state index in [1.165, 1.54) is 5.56 Å². The minimum atomic E-state index is -0.405. The van der Waals surface area contributed by atoms with Gasteiger partial charge in [0.15, 0.2) is 0 Å². The predicted octanol–water partition coefficient (Wildman–Crippen LogP) is 3.00. The molecule has 2 atom stereocenters. The SMILES string of the molecule is CCC(C)C(NC(=O)CCCNC)C(=O)N1CCC(Cc2ccccc2)CC1. The second-order valence-electron chi connectivity index (χ2n) is 8.10. The molecule has 0 radical (unpaired) electrons. The summed E-state index contributed by atoms with van der Waals surface area (Å²) in [7, 11) is 1.88.